The fourth-order valence-electron chi connectivity index (χ4n) is 2.25. The molecule has 1 aromatic heterocycles. The van der Waals surface area contributed by atoms with E-state index in [4.69, 9.17) is 5.84 Å². The van der Waals surface area contributed by atoms with Crippen molar-refractivity contribution in [1.82, 2.24) is 9.97 Å². The zero-order valence-electron chi connectivity index (χ0n) is 10.8. The van der Waals surface area contributed by atoms with E-state index in [1.54, 1.807) is 12.4 Å². The number of nitrogen functional groups attached to an aromatic ring is 1. The predicted molar refractivity (Wildman–Crippen MR) is 69.6 cm³/mol. The van der Waals surface area contributed by atoms with E-state index >= 15 is 0 Å². The van der Waals surface area contributed by atoms with Crippen LogP contribution in [0.25, 0.3) is 0 Å². The van der Waals surface area contributed by atoms with E-state index < -0.39 is 0 Å². The number of nitrogens with two attached hydrogens (primary N) is 1. The topological polar surface area (TPSA) is 67.1 Å². The molecule has 0 aliphatic carbocycles. The molecule has 5 heteroatoms. The van der Waals surface area contributed by atoms with Crippen LogP contribution in [-0.4, -0.2) is 23.1 Å². The fraction of sp³-hybridized carbons (Fsp3) is 0.667. The molecule has 1 aromatic rings. The van der Waals surface area contributed by atoms with Crippen LogP contribution in [0, 0.1) is 11.3 Å². The lowest BCUT2D eigenvalue weighted by molar-refractivity contribution is 0.263. The van der Waals surface area contributed by atoms with E-state index in [1.807, 2.05) is 0 Å². The minimum absolute atomic E-state index is 0.353. The van der Waals surface area contributed by atoms with Gasteiger partial charge < -0.3 is 10.3 Å². The molecule has 2 heterocycles. The summed E-state index contributed by atoms with van der Waals surface area (Å²) in [5.41, 5.74) is 2.89. The summed E-state index contributed by atoms with van der Waals surface area (Å²) < 4.78 is 0. The number of nitrogens with zero attached hydrogens (tertiary/aromatic N) is 3. The highest BCUT2D eigenvalue weighted by molar-refractivity contribution is 5.44. The molecule has 0 bridgehead atoms. The van der Waals surface area contributed by atoms with Gasteiger partial charge in [0.05, 0.1) is 12.4 Å². The van der Waals surface area contributed by atoms with E-state index in [2.05, 4.69) is 41.1 Å². The van der Waals surface area contributed by atoms with Gasteiger partial charge in [-0.15, -0.1) is 0 Å². The Morgan fingerprint density at radius 1 is 1.41 bits per heavy atom. The third-order valence-electron chi connectivity index (χ3n) is 3.51. The third kappa shape index (κ3) is 2.66. The summed E-state index contributed by atoms with van der Waals surface area (Å²) in [6.45, 7) is 8.98. The number of rotatable bonds is 2. The molecule has 17 heavy (non-hydrogen) atoms. The number of hydrazine groups is 1. The van der Waals surface area contributed by atoms with Gasteiger partial charge in [0.1, 0.15) is 5.82 Å². The largest absolute Gasteiger partial charge is 0.355 e. The molecule has 0 aromatic carbocycles. The number of nitrogens with one attached hydrogen (secondary N) is 1. The quantitative estimate of drug-likeness (QED) is 0.602. The summed E-state index contributed by atoms with van der Waals surface area (Å²) in [6.07, 6.45) is 4.64. The van der Waals surface area contributed by atoms with Crippen molar-refractivity contribution < 1.29 is 0 Å². The minimum Gasteiger partial charge on any atom is -0.355 e. The highest BCUT2D eigenvalue weighted by Crippen LogP contribution is 2.34. The summed E-state index contributed by atoms with van der Waals surface area (Å²) in [6, 6.07) is 0. The summed E-state index contributed by atoms with van der Waals surface area (Å²) >= 11 is 0. The predicted octanol–water partition coefficient (Wildman–Crippen LogP) is 1.63. The Kier molecular flexibility index (Phi) is 3.19. The summed E-state index contributed by atoms with van der Waals surface area (Å²) in [5.74, 6) is 7.57. The first kappa shape index (κ1) is 12.1. The first-order valence-electron chi connectivity index (χ1n) is 6.04. The second kappa shape index (κ2) is 4.49. The Morgan fingerprint density at radius 2 is 2.18 bits per heavy atom. The Bertz CT molecular complexity index is 385. The number of hydrogen-bond donors (Lipinski definition) is 2. The Hall–Kier alpha value is -1.36. The van der Waals surface area contributed by atoms with Crippen molar-refractivity contribution in [3.05, 3.63) is 12.4 Å². The molecule has 1 saturated heterocycles. The second-order valence-electron chi connectivity index (χ2n) is 5.70. The number of hydrogen-bond acceptors (Lipinski definition) is 5. The lowest BCUT2D eigenvalue weighted by Gasteiger charge is -2.27. The zero-order valence-corrected chi connectivity index (χ0v) is 10.8. The van der Waals surface area contributed by atoms with E-state index in [0.29, 0.717) is 17.2 Å². The van der Waals surface area contributed by atoms with Gasteiger partial charge in [-0.2, -0.15) is 0 Å². The molecule has 2 rings (SSSR count). The molecule has 0 spiro atoms. The average molecular weight is 235 g/mol. The van der Waals surface area contributed by atoms with Crippen molar-refractivity contribution in [1.29, 1.82) is 0 Å². The monoisotopic (exact) mass is 235 g/mol. The van der Waals surface area contributed by atoms with Gasteiger partial charge in [0.25, 0.3) is 0 Å². The van der Waals surface area contributed by atoms with Crippen molar-refractivity contribution in [2.45, 2.75) is 27.2 Å². The molecule has 5 nitrogen and oxygen atoms in total. The molecule has 1 aliphatic heterocycles. The van der Waals surface area contributed by atoms with Gasteiger partial charge in [0.15, 0.2) is 5.82 Å². The van der Waals surface area contributed by atoms with Crippen molar-refractivity contribution >= 4 is 11.6 Å². The highest BCUT2D eigenvalue weighted by atomic mass is 15.3. The molecule has 1 atom stereocenters. The average Bonchev–Trinajstić information content (AvgIpc) is 2.78. The first-order valence-corrected chi connectivity index (χ1v) is 6.04. The molecular weight excluding hydrogens is 214 g/mol. The van der Waals surface area contributed by atoms with Gasteiger partial charge in [-0.25, -0.2) is 10.8 Å². The van der Waals surface area contributed by atoms with Gasteiger partial charge >= 0.3 is 0 Å². The maximum absolute atomic E-state index is 5.34. The Balaban J connectivity index is 2.09. The molecule has 0 radical (unpaired) electrons. The Morgan fingerprint density at radius 3 is 2.76 bits per heavy atom. The maximum atomic E-state index is 5.34. The van der Waals surface area contributed by atoms with Gasteiger partial charge in [0.2, 0.25) is 0 Å². The standard InChI is InChI=1S/C12H21N5/c1-12(2,3)9-4-5-17(8-9)11-7-14-6-10(15-11)16-13/h6-7,9H,4-5,8,13H2,1-3H3,(H,15,16). The second-order valence-corrected chi connectivity index (χ2v) is 5.70. The molecule has 1 unspecified atom stereocenters. The lowest BCUT2D eigenvalue weighted by Crippen LogP contribution is -2.26. The van der Waals surface area contributed by atoms with E-state index in [0.717, 1.165) is 18.9 Å². The number of anilines is 2. The van der Waals surface area contributed by atoms with Crippen LogP contribution < -0.4 is 16.2 Å². The van der Waals surface area contributed by atoms with Crippen LogP contribution >= 0.6 is 0 Å². The summed E-state index contributed by atoms with van der Waals surface area (Å²) in [5, 5.41) is 0. The van der Waals surface area contributed by atoms with Crippen LogP contribution in [0.3, 0.4) is 0 Å². The van der Waals surface area contributed by atoms with Crippen LogP contribution in [0.4, 0.5) is 11.6 Å². The van der Waals surface area contributed by atoms with E-state index in [1.165, 1.54) is 6.42 Å². The van der Waals surface area contributed by atoms with Gasteiger partial charge in [-0.05, 0) is 17.8 Å². The third-order valence-corrected chi connectivity index (χ3v) is 3.51. The van der Waals surface area contributed by atoms with Crippen LogP contribution in [0.5, 0.6) is 0 Å². The molecule has 3 N–H and O–H groups in total. The SMILES string of the molecule is CC(C)(C)C1CCN(c2cncc(NN)n2)C1. The van der Waals surface area contributed by atoms with Gasteiger partial charge in [-0.3, -0.25) is 4.98 Å². The van der Waals surface area contributed by atoms with Crippen molar-refractivity contribution in [3.63, 3.8) is 0 Å². The van der Waals surface area contributed by atoms with Crippen molar-refractivity contribution in [3.8, 4) is 0 Å². The fourth-order valence-corrected chi connectivity index (χ4v) is 2.25. The first-order chi connectivity index (χ1) is 8.00. The molecule has 0 amide bonds. The molecular formula is C12H21N5. The smallest absolute Gasteiger partial charge is 0.160 e. The Labute approximate surface area is 102 Å². The van der Waals surface area contributed by atoms with Crippen LogP contribution in [0.1, 0.15) is 27.2 Å². The van der Waals surface area contributed by atoms with Crippen molar-refractivity contribution in [2.24, 2.45) is 17.2 Å². The van der Waals surface area contributed by atoms with Crippen LogP contribution in [-0.2, 0) is 0 Å². The zero-order chi connectivity index (χ0) is 12.5. The molecule has 0 saturated carbocycles. The van der Waals surface area contributed by atoms with Gasteiger partial charge in [0, 0.05) is 13.1 Å². The molecule has 1 fully saturated rings. The van der Waals surface area contributed by atoms with Crippen LogP contribution in [0.15, 0.2) is 12.4 Å². The lowest BCUT2D eigenvalue weighted by atomic mass is 9.80. The molecule has 94 valence electrons. The number of aromatic nitrogens is 2. The van der Waals surface area contributed by atoms with Crippen molar-refractivity contribution in [2.75, 3.05) is 23.4 Å². The van der Waals surface area contributed by atoms with Crippen LogP contribution in [0.2, 0.25) is 0 Å². The molecule has 1 aliphatic rings. The normalized spacial score (nSPS) is 20.7. The summed E-state index contributed by atoms with van der Waals surface area (Å²) in [4.78, 5) is 10.8. The summed E-state index contributed by atoms with van der Waals surface area (Å²) in [7, 11) is 0. The minimum atomic E-state index is 0.353. The highest BCUT2D eigenvalue weighted by Gasteiger charge is 2.32. The van der Waals surface area contributed by atoms with E-state index in [9.17, 15) is 0 Å². The van der Waals surface area contributed by atoms with E-state index in [-0.39, 0.29) is 0 Å². The maximum Gasteiger partial charge on any atom is 0.160 e. The van der Waals surface area contributed by atoms with Gasteiger partial charge in [-0.1, -0.05) is 20.8 Å².